The van der Waals surface area contributed by atoms with Crippen LogP contribution in [-0.4, -0.2) is 18.7 Å². The van der Waals surface area contributed by atoms with Gasteiger partial charge in [-0.2, -0.15) is 5.10 Å². The maximum atomic E-state index is 11.6. The molecule has 0 aliphatic heterocycles. The van der Waals surface area contributed by atoms with Gasteiger partial charge in [0.05, 0.1) is 21.3 Å². The summed E-state index contributed by atoms with van der Waals surface area (Å²) in [5, 5.41) is 5.02. The summed E-state index contributed by atoms with van der Waals surface area (Å²) < 4.78 is 5.28. The zero-order valence-corrected chi connectivity index (χ0v) is 13.5. The Bertz CT molecular complexity index is 705. The van der Waals surface area contributed by atoms with Crippen LogP contribution in [0.2, 0.25) is 15.1 Å². The summed E-state index contributed by atoms with van der Waals surface area (Å²) in [5.74, 6) is 0.00972. The molecule has 0 radical (unpaired) electrons. The van der Waals surface area contributed by atoms with Crippen LogP contribution in [0.25, 0.3) is 0 Å². The molecule has 0 saturated carbocycles. The van der Waals surface area contributed by atoms with E-state index in [1.54, 1.807) is 42.5 Å². The van der Waals surface area contributed by atoms with Gasteiger partial charge in [-0.1, -0.05) is 59.1 Å². The van der Waals surface area contributed by atoms with Crippen LogP contribution >= 0.6 is 34.8 Å². The van der Waals surface area contributed by atoms with E-state index in [2.05, 4.69) is 10.5 Å². The molecular weight excluding hydrogens is 347 g/mol. The summed E-state index contributed by atoms with van der Waals surface area (Å²) in [6, 6.07) is 12.0. The number of hydrazone groups is 1. The predicted octanol–water partition coefficient (Wildman–Crippen LogP) is 4.18. The lowest BCUT2D eigenvalue weighted by Gasteiger charge is -2.06. The zero-order valence-electron chi connectivity index (χ0n) is 11.2. The molecule has 0 aliphatic rings. The van der Waals surface area contributed by atoms with E-state index in [0.29, 0.717) is 26.4 Å². The van der Waals surface area contributed by atoms with Gasteiger partial charge in [0, 0.05) is 5.56 Å². The van der Waals surface area contributed by atoms with Gasteiger partial charge in [-0.15, -0.1) is 0 Å². The first kappa shape index (κ1) is 16.6. The van der Waals surface area contributed by atoms with Gasteiger partial charge >= 0.3 is 0 Å². The number of rotatable bonds is 5. The Morgan fingerprint density at radius 2 is 1.82 bits per heavy atom. The molecule has 0 spiro atoms. The van der Waals surface area contributed by atoms with E-state index in [1.807, 2.05) is 0 Å². The van der Waals surface area contributed by atoms with Crippen molar-refractivity contribution in [1.82, 2.24) is 5.43 Å². The van der Waals surface area contributed by atoms with Crippen molar-refractivity contribution >= 4 is 46.9 Å². The van der Waals surface area contributed by atoms with Crippen molar-refractivity contribution in [1.29, 1.82) is 0 Å². The van der Waals surface area contributed by atoms with Crippen molar-refractivity contribution in [2.75, 3.05) is 6.61 Å². The first-order valence-corrected chi connectivity index (χ1v) is 7.34. The lowest BCUT2D eigenvalue weighted by molar-refractivity contribution is -0.123. The van der Waals surface area contributed by atoms with Crippen molar-refractivity contribution in [3.05, 3.63) is 63.1 Å². The summed E-state index contributed by atoms with van der Waals surface area (Å²) in [6.07, 6.45) is 1.40. The van der Waals surface area contributed by atoms with E-state index in [-0.39, 0.29) is 6.61 Å². The number of nitrogens with zero attached hydrogens (tertiary/aromatic N) is 1. The number of benzene rings is 2. The first-order chi connectivity index (χ1) is 10.6. The highest BCUT2D eigenvalue weighted by Crippen LogP contribution is 2.24. The van der Waals surface area contributed by atoms with Crippen molar-refractivity contribution < 1.29 is 9.53 Å². The second-order valence-electron chi connectivity index (χ2n) is 4.16. The molecule has 1 N–H and O–H groups in total. The molecule has 2 rings (SSSR count). The Morgan fingerprint density at radius 1 is 1.09 bits per heavy atom. The molecule has 1 amide bonds. The lowest BCUT2D eigenvalue weighted by atomic mass is 10.2. The lowest BCUT2D eigenvalue weighted by Crippen LogP contribution is -2.24. The zero-order chi connectivity index (χ0) is 15.9. The van der Waals surface area contributed by atoms with E-state index in [9.17, 15) is 4.79 Å². The number of hydrogen-bond donors (Lipinski definition) is 1. The number of halogens is 3. The number of amides is 1. The third-order valence-electron chi connectivity index (χ3n) is 2.57. The average Bonchev–Trinajstić information content (AvgIpc) is 2.51. The van der Waals surface area contributed by atoms with Crippen molar-refractivity contribution in [3.8, 4) is 5.75 Å². The molecular formula is C15H11Cl3N2O2. The number of carbonyl (C=O) groups is 1. The topological polar surface area (TPSA) is 50.7 Å². The normalized spacial score (nSPS) is 10.7. The number of para-hydroxylation sites is 1. The molecule has 2 aromatic carbocycles. The van der Waals surface area contributed by atoms with Crippen LogP contribution in [0.5, 0.6) is 5.75 Å². The molecule has 0 aromatic heterocycles. The summed E-state index contributed by atoms with van der Waals surface area (Å²) in [5.41, 5.74) is 2.93. The fourth-order valence-electron chi connectivity index (χ4n) is 1.53. The van der Waals surface area contributed by atoms with Crippen LogP contribution in [0.1, 0.15) is 5.56 Å². The second-order valence-corrected chi connectivity index (χ2v) is 5.35. The Kier molecular flexibility index (Phi) is 6.07. The third kappa shape index (κ3) is 4.63. The molecule has 0 saturated heterocycles. The van der Waals surface area contributed by atoms with Crippen molar-refractivity contribution in [2.45, 2.75) is 0 Å². The Morgan fingerprint density at radius 3 is 2.59 bits per heavy atom. The molecule has 114 valence electrons. The van der Waals surface area contributed by atoms with Gasteiger partial charge in [-0.25, -0.2) is 5.43 Å². The van der Waals surface area contributed by atoms with Gasteiger partial charge in [0.2, 0.25) is 0 Å². The van der Waals surface area contributed by atoms with Gasteiger partial charge < -0.3 is 4.74 Å². The maximum Gasteiger partial charge on any atom is 0.277 e. The average molecular weight is 358 g/mol. The Labute approximate surface area is 142 Å². The van der Waals surface area contributed by atoms with E-state index >= 15 is 0 Å². The standard InChI is InChI=1S/C15H11Cl3N2O2/c16-11-5-1-2-7-13(11)22-9-14(21)20-19-8-10-4-3-6-12(17)15(10)18/h1-8H,9H2,(H,20,21)/b19-8+. The molecule has 0 bridgehead atoms. The van der Waals surface area contributed by atoms with Gasteiger partial charge in [0.15, 0.2) is 6.61 Å². The largest absolute Gasteiger partial charge is 0.482 e. The quantitative estimate of drug-likeness (QED) is 0.645. The number of nitrogens with one attached hydrogen (secondary N) is 1. The van der Waals surface area contributed by atoms with Crippen LogP contribution < -0.4 is 10.2 Å². The minimum absolute atomic E-state index is 0.204. The highest BCUT2D eigenvalue weighted by atomic mass is 35.5. The first-order valence-electron chi connectivity index (χ1n) is 6.21. The van der Waals surface area contributed by atoms with E-state index < -0.39 is 5.91 Å². The number of hydrogen-bond acceptors (Lipinski definition) is 3. The molecule has 0 fully saturated rings. The molecule has 22 heavy (non-hydrogen) atoms. The summed E-state index contributed by atoms with van der Waals surface area (Å²) >= 11 is 17.8. The molecule has 7 heteroatoms. The fraction of sp³-hybridized carbons (Fsp3) is 0.0667. The molecule has 2 aromatic rings. The maximum absolute atomic E-state index is 11.6. The third-order valence-corrected chi connectivity index (χ3v) is 3.72. The van der Waals surface area contributed by atoms with E-state index in [0.717, 1.165) is 0 Å². The number of carbonyl (C=O) groups excluding carboxylic acids is 1. The molecule has 4 nitrogen and oxygen atoms in total. The molecule has 0 unspecified atom stereocenters. The van der Waals surface area contributed by atoms with Crippen molar-refractivity contribution in [3.63, 3.8) is 0 Å². The van der Waals surface area contributed by atoms with Crippen LogP contribution in [0.3, 0.4) is 0 Å². The summed E-state index contributed by atoms with van der Waals surface area (Å²) in [4.78, 5) is 11.6. The van der Waals surface area contributed by atoms with Crippen LogP contribution in [0.4, 0.5) is 0 Å². The van der Waals surface area contributed by atoms with E-state index in [1.165, 1.54) is 6.21 Å². The Balaban J connectivity index is 1.86. The minimum atomic E-state index is -0.422. The smallest absolute Gasteiger partial charge is 0.277 e. The van der Waals surface area contributed by atoms with Gasteiger partial charge in [0.25, 0.3) is 5.91 Å². The van der Waals surface area contributed by atoms with E-state index in [4.69, 9.17) is 39.5 Å². The number of ether oxygens (including phenoxy) is 1. The summed E-state index contributed by atoms with van der Waals surface area (Å²) in [6.45, 7) is -0.204. The van der Waals surface area contributed by atoms with Crippen LogP contribution in [0, 0.1) is 0 Å². The highest BCUT2D eigenvalue weighted by molar-refractivity contribution is 6.43. The molecule has 0 heterocycles. The van der Waals surface area contributed by atoms with Gasteiger partial charge in [-0.05, 0) is 18.2 Å². The molecule has 0 atom stereocenters. The second kappa shape index (κ2) is 8.03. The van der Waals surface area contributed by atoms with Gasteiger partial charge in [0.1, 0.15) is 5.75 Å². The highest BCUT2D eigenvalue weighted by Gasteiger charge is 2.05. The van der Waals surface area contributed by atoms with Gasteiger partial charge in [-0.3, -0.25) is 4.79 Å². The van der Waals surface area contributed by atoms with Crippen LogP contribution in [-0.2, 0) is 4.79 Å². The van der Waals surface area contributed by atoms with Crippen molar-refractivity contribution in [2.24, 2.45) is 5.10 Å². The monoisotopic (exact) mass is 356 g/mol. The Hall–Kier alpha value is -1.75. The fourth-order valence-corrected chi connectivity index (χ4v) is 2.08. The minimum Gasteiger partial charge on any atom is -0.482 e. The molecule has 0 aliphatic carbocycles. The van der Waals surface area contributed by atoms with Crippen LogP contribution in [0.15, 0.2) is 47.6 Å². The SMILES string of the molecule is O=C(COc1ccccc1Cl)N/N=C/c1cccc(Cl)c1Cl. The predicted molar refractivity (Wildman–Crippen MR) is 89.1 cm³/mol. The summed E-state index contributed by atoms with van der Waals surface area (Å²) in [7, 11) is 0.